The zero-order valence-corrected chi connectivity index (χ0v) is 18.1. The van der Waals surface area contributed by atoms with Crippen LogP contribution in [0, 0.1) is 12.8 Å². The van der Waals surface area contributed by atoms with Gasteiger partial charge in [0.05, 0.1) is 12.1 Å². The minimum atomic E-state index is -0.146. The molecule has 6 nitrogen and oxygen atoms in total. The molecule has 0 spiro atoms. The first-order chi connectivity index (χ1) is 14.4. The lowest BCUT2D eigenvalue weighted by Crippen LogP contribution is -2.25. The second-order valence-electron chi connectivity index (χ2n) is 7.22. The zero-order chi connectivity index (χ0) is 21.5. The van der Waals surface area contributed by atoms with Crippen LogP contribution in [0.3, 0.4) is 0 Å². The number of hydrogen-bond donors (Lipinski definition) is 2. The Kier molecular flexibility index (Phi) is 7.19. The number of carbonyl (C=O) groups is 2. The second-order valence-corrected chi connectivity index (χ2v) is 8.07. The number of ether oxygens (including phenoxy) is 1. The molecule has 156 valence electrons. The van der Waals surface area contributed by atoms with Gasteiger partial charge in [0, 0.05) is 23.4 Å². The van der Waals surface area contributed by atoms with Crippen LogP contribution in [0.1, 0.15) is 30.7 Å². The van der Waals surface area contributed by atoms with Gasteiger partial charge in [-0.2, -0.15) is 0 Å². The van der Waals surface area contributed by atoms with Crippen LogP contribution in [-0.4, -0.2) is 16.8 Å². The predicted octanol–water partition coefficient (Wildman–Crippen LogP) is 4.70. The van der Waals surface area contributed by atoms with Gasteiger partial charge in [-0.1, -0.05) is 50.2 Å². The molecule has 3 aromatic rings. The minimum absolute atomic E-state index is 0.0920. The molecule has 2 N–H and O–H groups in total. The molecular weight excluding hydrogens is 398 g/mol. The first-order valence-electron chi connectivity index (χ1n) is 9.75. The first kappa shape index (κ1) is 21.5. The van der Waals surface area contributed by atoms with Crippen molar-refractivity contribution in [2.75, 3.05) is 5.32 Å². The van der Waals surface area contributed by atoms with E-state index in [1.54, 1.807) is 5.38 Å². The van der Waals surface area contributed by atoms with Crippen molar-refractivity contribution < 1.29 is 14.3 Å². The summed E-state index contributed by atoms with van der Waals surface area (Å²) in [7, 11) is 0. The molecule has 2 amide bonds. The van der Waals surface area contributed by atoms with E-state index in [0.717, 1.165) is 16.9 Å². The maximum Gasteiger partial charge on any atom is 0.228 e. The number of carbonyl (C=O) groups excluding carboxylic acids is 2. The summed E-state index contributed by atoms with van der Waals surface area (Å²) in [6.07, 6.45) is 0.148. The van der Waals surface area contributed by atoms with Crippen molar-refractivity contribution in [2.24, 2.45) is 5.92 Å². The van der Waals surface area contributed by atoms with Crippen molar-refractivity contribution in [2.45, 2.75) is 33.7 Å². The van der Waals surface area contributed by atoms with Gasteiger partial charge in [-0.3, -0.25) is 9.59 Å². The Morgan fingerprint density at radius 2 is 1.77 bits per heavy atom. The molecule has 0 bridgehead atoms. The number of benzene rings is 2. The van der Waals surface area contributed by atoms with E-state index in [-0.39, 0.29) is 24.2 Å². The smallest absolute Gasteiger partial charge is 0.228 e. The molecule has 0 saturated carbocycles. The lowest BCUT2D eigenvalue weighted by atomic mass is 10.2. The van der Waals surface area contributed by atoms with Gasteiger partial charge in [0.15, 0.2) is 5.13 Å². The number of hydrogen-bond acceptors (Lipinski definition) is 5. The molecule has 1 heterocycles. The Hall–Kier alpha value is -3.19. The molecule has 0 aliphatic carbocycles. The number of amides is 2. The third kappa shape index (κ3) is 5.90. The van der Waals surface area contributed by atoms with Crippen LogP contribution in [-0.2, 0) is 22.6 Å². The molecule has 0 fully saturated rings. The van der Waals surface area contributed by atoms with Crippen LogP contribution in [0.2, 0.25) is 0 Å². The van der Waals surface area contributed by atoms with Crippen LogP contribution in [0.25, 0.3) is 0 Å². The van der Waals surface area contributed by atoms with Gasteiger partial charge in [-0.15, -0.1) is 11.3 Å². The molecule has 30 heavy (non-hydrogen) atoms. The summed E-state index contributed by atoms with van der Waals surface area (Å²) in [6.45, 7) is 5.98. The molecule has 0 aliphatic heterocycles. The minimum Gasteiger partial charge on any atom is -0.457 e. The van der Waals surface area contributed by atoms with Crippen LogP contribution >= 0.6 is 11.3 Å². The Morgan fingerprint density at radius 1 is 1.07 bits per heavy atom. The van der Waals surface area contributed by atoms with Crippen molar-refractivity contribution in [3.8, 4) is 11.5 Å². The highest BCUT2D eigenvalue weighted by molar-refractivity contribution is 7.13. The number of aryl methyl sites for hydroxylation is 1. The van der Waals surface area contributed by atoms with E-state index in [1.165, 1.54) is 11.3 Å². The highest BCUT2D eigenvalue weighted by Gasteiger charge is 2.13. The maximum absolute atomic E-state index is 12.4. The van der Waals surface area contributed by atoms with Crippen molar-refractivity contribution in [3.63, 3.8) is 0 Å². The van der Waals surface area contributed by atoms with Crippen LogP contribution in [0.5, 0.6) is 11.5 Å². The standard InChI is InChI=1S/C23H25N3O3S/c1-15(2)22(28)26-23-25-18(14-30-23)12-21(27)24-13-17-9-5-7-11-20(17)29-19-10-6-4-8-16(19)3/h4-11,14-15H,12-13H2,1-3H3,(H,24,27)(H,25,26,28). The number of rotatable bonds is 8. The molecule has 1 aromatic heterocycles. The summed E-state index contributed by atoms with van der Waals surface area (Å²) < 4.78 is 6.05. The molecule has 0 radical (unpaired) electrons. The van der Waals surface area contributed by atoms with Gasteiger partial charge in [-0.05, 0) is 24.6 Å². The lowest BCUT2D eigenvalue weighted by Gasteiger charge is -2.13. The Balaban J connectivity index is 1.57. The summed E-state index contributed by atoms with van der Waals surface area (Å²) in [4.78, 5) is 28.4. The van der Waals surface area contributed by atoms with Crippen LogP contribution in [0.4, 0.5) is 5.13 Å². The van der Waals surface area contributed by atoms with E-state index in [9.17, 15) is 9.59 Å². The topological polar surface area (TPSA) is 80.3 Å². The molecule has 2 aromatic carbocycles. The Bertz CT molecular complexity index is 1030. The largest absolute Gasteiger partial charge is 0.457 e. The van der Waals surface area contributed by atoms with Crippen molar-refractivity contribution >= 4 is 28.3 Å². The molecule has 0 saturated heterocycles. The lowest BCUT2D eigenvalue weighted by molar-refractivity contribution is -0.120. The molecule has 3 rings (SSSR count). The van der Waals surface area contributed by atoms with Crippen LogP contribution in [0.15, 0.2) is 53.9 Å². The number of nitrogens with one attached hydrogen (secondary N) is 2. The van der Waals surface area contributed by atoms with Gasteiger partial charge >= 0.3 is 0 Å². The molecular formula is C23H25N3O3S. The van der Waals surface area contributed by atoms with Gasteiger partial charge < -0.3 is 15.4 Å². The highest BCUT2D eigenvalue weighted by atomic mass is 32.1. The van der Waals surface area contributed by atoms with Crippen molar-refractivity contribution in [3.05, 3.63) is 70.7 Å². The van der Waals surface area contributed by atoms with Gasteiger partial charge in [-0.25, -0.2) is 4.98 Å². The van der Waals surface area contributed by atoms with Crippen molar-refractivity contribution in [1.82, 2.24) is 10.3 Å². The van der Waals surface area contributed by atoms with E-state index in [4.69, 9.17) is 4.74 Å². The Morgan fingerprint density at radius 3 is 2.50 bits per heavy atom. The summed E-state index contributed by atoms with van der Waals surface area (Å²) in [5.41, 5.74) is 2.55. The summed E-state index contributed by atoms with van der Waals surface area (Å²) in [5, 5.41) is 7.95. The van der Waals surface area contributed by atoms with Gasteiger partial charge in [0.25, 0.3) is 0 Å². The molecule has 7 heteroatoms. The number of aromatic nitrogens is 1. The van der Waals surface area contributed by atoms with E-state index >= 15 is 0 Å². The number of para-hydroxylation sites is 2. The fourth-order valence-corrected chi connectivity index (χ4v) is 3.37. The summed E-state index contributed by atoms with van der Waals surface area (Å²) in [6, 6.07) is 15.4. The highest BCUT2D eigenvalue weighted by Crippen LogP contribution is 2.27. The van der Waals surface area contributed by atoms with E-state index in [0.29, 0.717) is 23.1 Å². The van der Waals surface area contributed by atoms with Crippen molar-refractivity contribution in [1.29, 1.82) is 0 Å². The number of nitrogens with zero attached hydrogens (tertiary/aromatic N) is 1. The molecule has 0 aliphatic rings. The van der Waals surface area contributed by atoms with E-state index in [1.807, 2.05) is 69.3 Å². The third-order valence-corrected chi connectivity index (χ3v) is 5.22. The molecule has 0 atom stereocenters. The molecule has 0 unspecified atom stereocenters. The third-order valence-electron chi connectivity index (χ3n) is 4.41. The fourth-order valence-electron chi connectivity index (χ4n) is 2.65. The monoisotopic (exact) mass is 423 g/mol. The van der Waals surface area contributed by atoms with Gasteiger partial charge in [0.2, 0.25) is 11.8 Å². The SMILES string of the molecule is Cc1ccccc1Oc1ccccc1CNC(=O)Cc1csc(NC(=O)C(C)C)n1. The van der Waals surface area contributed by atoms with E-state index < -0.39 is 0 Å². The quantitative estimate of drug-likeness (QED) is 0.550. The second kappa shape index (κ2) is 10.0. The normalized spacial score (nSPS) is 10.7. The summed E-state index contributed by atoms with van der Waals surface area (Å²) >= 11 is 1.31. The number of thiazole rings is 1. The number of anilines is 1. The Labute approximate surface area is 180 Å². The van der Waals surface area contributed by atoms with Gasteiger partial charge in [0.1, 0.15) is 11.5 Å². The average Bonchev–Trinajstić information content (AvgIpc) is 3.15. The van der Waals surface area contributed by atoms with E-state index in [2.05, 4.69) is 15.6 Å². The summed E-state index contributed by atoms with van der Waals surface area (Å²) in [5.74, 6) is 1.13. The maximum atomic E-state index is 12.4. The zero-order valence-electron chi connectivity index (χ0n) is 17.3. The predicted molar refractivity (Wildman–Crippen MR) is 119 cm³/mol. The fraction of sp³-hybridized carbons (Fsp3) is 0.261. The van der Waals surface area contributed by atoms with Crippen LogP contribution < -0.4 is 15.4 Å². The first-order valence-corrected chi connectivity index (χ1v) is 10.6. The average molecular weight is 424 g/mol.